The Hall–Kier alpha value is -1.56. The van der Waals surface area contributed by atoms with Crippen molar-refractivity contribution in [2.24, 2.45) is 11.8 Å². The summed E-state index contributed by atoms with van der Waals surface area (Å²) in [5, 5.41) is 18.5. The number of urea groups is 1. The molecule has 0 aliphatic carbocycles. The molecule has 19 heavy (non-hydrogen) atoms. The molecule has 0 spiro atoms. The van der Waals surface area contributed by atoms with Gasteiger partial charge in [0.05, 0.1) is 11.9 Å². The second-order valence-corrected chi connectivity index (χ2v) is 5.30. The Morgan fingerprint density at radius 3 is 2.84 bits per heavy atom. The van der Waals surface area contributed by atoms with Gasteiger partial charge in [0.25, 0.3) is 0 Å². The molecule has 1 unspecified atom stereocenters. The van der Waals surface area contributed by atoms with Crippen LogP contribution in [0.3, 0.4) is 0 Å². The monoisotopic (exact) mass is 268 g/mol. The molecule has 0 radical (unpaired) electrons. The summed E-state index contributed by atoms with van der Waals surface area (Å²) in [5.74, 6) is 0.778. The third kappa shape index (κ3) is 6.24. The van der Waals surface area contributed by atoms with Gasteiger partial charge in [0.1, 0.15) is 0 Å². The molecule has 0 aliphatic rings. The van der Waals surface area contributed by atoms with Crippen molar-refractivity contribution >= 4 is 11.7 Å². The molecule has 0 bridgehead atoms. The van der Waals surface area contributed by atoms with E-state index in [9.17, 15) is 4.79 Å². The van der Waals surface area contributed by atoms with Gasteiger partial charge in [-0.25, -0.2) is 4.79 Å². The Morgan fingerprint density at radius 1 is 1.47 bits per heavy atom. The summed E-state index contributed by atoms with van der Waals surface area (Å²) in [6.45, 7) is 7.74. The number of aliphatic hydroxyl groups is 1. The van der Waals surface area contributed by atoms with Crippen molar-refractivity contribution in [2.45, 2.75) is 33.7 Å². The zero-order valence-corrected chi connectivity index (χ0v) is 11.9. The lowest BCUT2D eigenvalue weighted by Gasteiger charge is -2.11. The Bertz CT molecular complexity index is 390. The van der Waals surface area contributed by atoms with Crippen LogP contribution in [0.5, 0.6) is 0 Å². The van der Waals surface area contributed by atoms with Crippen LogP contribution in [-0.2, 0) is 6.54 Å². The van der Waals surface area contributed by atoms with Crippen molar-refractivity contribution in [1.82, 2.24) is 15.1 Å². The van der Waals surface area contributed by atoms with Crippen LogP contribution >= 0.6 is 0 Å². The maximum absolute atomic E-state index is 11.6. The van der Waals surface area contributed by atoms with E-state index in [4.69, 9.17) is 5.11 Å². The number of hydrogen-bond donors (Lipinski definition) is 3. The maximum atomic E-state index is 11.6. The molecular formula is C13H24N4O2. The van der Waals surface area contributed by atoms with Crippen molar-refractivity contribution in [3.8, 4) is 0 Å². The predicted molar refractivity (Wildman–Crippen MR) is 75.0 cm³/mol. The number of nitrogens with zero attached hydrogens (tertiary/aromatic N) is 2. The van der Waals surface area contributed by atoms with E-state index in [1.165, 1.54) is 0 Å². The van der Waals surface area contributed by atoms with Gasteiger partial charge in [0, 0.05) is 25.9 Å². The van der Waals surface area contributed by atoms with E-state index in [0.717, 1.165) is 6.54 Å². The first kappa shape index (κ1) is 15.5. The van der Waals surface area contributed by atoms with Gasteiger partial charge in [-0.05, 0) is 18.3 Å². The first-order valence-corrected chi connectivity index (χ1v) is 6.69. The van der Waals surface area contributed by atoms with Gasteiger partial charge in [-0.3, -0.25) is 4.68 Å². The molecule has 2 amide bonds. The second-order valence-electron chi connectivity index (χ2n) is 5.30. The zero-order chi connectivity index (χ0) is 14.3. The average molecular weight is 268 g/mol. The van der Waals surface area contributed by atoms with Gasteiger partial charge >= 0.3 is 6.03 Å². The Morgan fingerprint density at radius 2 is 2.21 bits per heavy atom. The maximum Gasteiger partial charge on any atom is 0.319 e. The molecule has 1 aromatic heterocycles. The SMILES string of the molecule is CC(C)Cn1cc(NC(=O)NCC(C)CCO)cn1. The van der Waals surface area contributed by atoms with Crippen LogP contribution in [0.25, 0.3) is 0 Å². The molecule has 0 aromatic carbocycles. The van der Waals surface area contributed by atoms with Crippen LogP contribution < -0.4 is 10.6 Å². The number of nitrogens with one attached hydrogen (secondary N) is 2. The van der Waals surface area contributed by atoms with Gasteiger partial charge in [-0.15, -0.1) is 0 Å². The third-order valence-corrected chi connectivity index (χ3v) is 2.68. The fourth-order valence-corrected chi connectivity index (χ4v) is 1.67. The van der Waals surface area contributed by atoms with Crippen LogP contribution in [0.15, 0.2) is 12.4 Å². The molecule has 3 N–H and O–H groups in total. The highest BCUT2D eigenvalue weighted by molar-refractivity contribution is 5.88. The third-order valence-electron chi connectivity index (χ3n) is 2.68. The number of rotatable bonds is 7. The minimum absolute atomic E-state index is 0.145. The van der Waals surface area contributed by atoms with Gasteiger partial charge in [0.2, 0.25) is 0 Å². The van der Waals surface area contributed by atoms with Crippen molar-refractivity contribution in [1.29, 1.82) is 0 Å². The van der Waals surface area contributed by atoms with Crippen molar-refractivity contribution in [2.75, 3.05) is 18.5 Å². The van der Waals surface area contributed by atoms with Gasteiger partial charge in [0.15, 0.2) is 0 Å². The molecule has 6 nitrogen and oxygen atoms in total. The first-order valence-electron chi connectivity index (χ1n) is 6.69. The van der Waals surface area contributed by atoms with Crippen molar-refractivity contribution < 1.29 is 9.90 Å². The lowest BCUT2D eigenvalue weighted by Crippen LogP contribution is -2.32. The first-order chi connectivity index (χ1) is 9.01. The molecule has 6 heteroatoms. The molecule has 0 aliphatic heterocycles. The standard InChI is InChI=1S/C13H24N4O2/c1-10(2)8-17-9-12(7-15-17)16-13(19)14-6-11(3)4-5-18/h7,9-11,18H,4-6,8H2,1-3H3,(H2,14,16,19). The van der Waals surface area contributed by atoms with E-state index >= 15 is 0 Å². The van der Waals surface area contributed by atoms with Crippen LogP contribution in [-0.4, -0.2) is 34.1 Å². The molecular weight excluding hydrogens is 244 g/mol. The Labute approximate surface area is 114 Å². The predicted octanol–water partition coefficient (Wildman–Crippen LogP) is 1.68. The van der Waals surface area contributed by atoms with E-state index in [1.807, 2.05) is 17.8 Å². The number of hydrogen-bond acceptors (Lipinski definition) is 3. The van der Waals surface area contributed by atoms with Crippen molar-refractivity contribution in [3.05, 3.63) is 12.4 Å². The summed E-state index contributed by atoms with van der Waals surface area (Å²) in [6, 6.07) is -0.242. The highest BCUT2D eigenvalue weighted by atomic mass is 16.3. The summed E-state index contributed by atoms with van der Waals surface area (Å²) in [6.07, 6.45) is 4.14. The Balaban J connectivity index is 2.33. The largest absolute Gasteiger partial charge is 0.396 e. The topological polar surface area (TPSA) is 79.2 Å². The summed E-state index contributed by atoms with van der Waals surface area (Å²) in [7, 11) is 0. The molecule has 1 heterocycles. The minimum Gasteiger partial charge on any atom is -0.396 e. The number of aliphatic hydroxyl groups excluding tert-OH is 1. The number of carbonyl (C=O) groups is 1. The van der Waals surface area contributed by atoms with E-state index in [1.54, 1.807) is 6.20 Å². The fourth-order valence-electron chi connectivity index (χ4n) is 1.67. The fraction of sp³-hybridized carbons (Fsp3) is 0.692. The normalized spacial score (nSPS) is 12.5. The molecule has 0 saturated heterocycles. The summed E-state index contributed by atoms with van der Waals surface area (Å²) in [5.41, 5.74) is 0.688. The number of amides is 2. The smallest absolute Gasteiger partial charge is 0.319 e. The number of anilines is 1. The van der Waals surface area contributed by atoms with Gasteiger partial charge in [-0.2, -0.15) is 5.10 Å². The van der Waals surface area contributed by atoms with E-state index in [2.05, 4.69) is 29.6 Å². The van der Waals surface area contributed by atoms with E-state index in [0.29, 0.717) is 24.6 Å². The molecule has 0 fully saturated rings. The zero-order valence-electron chi connectivity index (χ0n) is 11.9. The highest BCUT2D eigenvalue weighted by Gasteiger charge is 2.07. The minimum atomic E-state index is -0.242. The summed E-state index contributed by atoms with van der Waals surface area (Å²) < 4.78 is 1.81. The molecule has 0 saturated carbocycles. The van der Waals surface area contributed by atoms with E-state index in [-0.39, 0.29) is 18.6 Å². The van der Waals surface area contributed by atoms with Gasteiger partial charge in [-0.1, -0.05) is 20.8 Å². The lowest BCUT2D eigenvalue weighted by atomic mass is 10.1. The molecule has 1 atom stereocenters. The quantitative estimate of drug-likeness (QED) is 0.704. The highest BCUT2D eigenvalue weighted by Crippen LogP contribution is 2.07. The van der Waals surface area contributed by atoms with E-state index < -0.39 is 0 Å². The van der Waals surface area contributed by atoms with Crippen LogP contribution in [0.4, 0.5) is 10.5 Å². The average Bonchev–Trinajstić information content (AvgIpc) is 2.73. The Kier molecular flexibility index (Phi) is 6.35. The second kappa shape index (κ2) is 7.78. The van der Waals surface area contributed by atoms with Crippen LogP contribution in [0.1, 0.15) is 27.2 Å². The molecule has 1 aromatic rings. The van der Waals surface area contributed by atoms with Gasteiger partial charge < -0.3 is 15.7 Å². The number of carbonyl (C=O) groups excluding carboxylic acids is 1. The molecule has 1 rings (SSSR count). The summed E-state index contributed by atoms with van der Waals surface area (Å²) >= 11 is 0. The van der Waals surface area contributed by atoms with Crippen molar-refractivity contribution in [3.63, 3.8) is 0 Å². The van der Waals surface area contributed by atoms with Crippen LogP contribution in [0, 0.1) is 11.8 Å². The van der Waals surface area contributed by atoms with Crippen LogP contribution in [0.2, 0.25) is 0 Å². The molecule has 108 valence electrons. The lowest BCUT2D eigenvalue weighted by molar-refractivity contribution is 0.243. The summed E-state index contributed by atoms with van der Waals surface area (Å²) in [4.78, 5) is 11.6. The number of aromatic nitrogens is 2.